The molecule has 3 heterocycles. The highest BCUT2D eigenvalue weighted by molar-refractivity contribution is 6.09. The zero-order valence-electron chi connectivity index (χ0n) is 16.9. The van der Waals surface area contributed by atoms with Crippen LogP contribution in [-0.4, -0.2) is 14.3 Å². The van der Waals surface area contributed by atoms with Crippen molar-refractivity contribution in [2.45, 2.75) is 6.04 Å². The summed E-state index contributed by atoms with van der Waals surface area (Å²) in [7, 11) is 0. The van der Waals surface area contributed by atoms with Crippen LogP contribution in [0.4, 0.5) is 0 Å². The van der Waals surface area contributed by atoms with Crippen LogP contribution in [-0.2, 0) is 0 Å². The van der Waals surface area contributed by atoms with E-state index < -0.39 is 6.04 Å². The second-order valence-electron chi connectivity index (χ2n) is 8.22. The molecule has 0 amide bonds. The largest absolute Gasteiger partial charge is 0.354 e. The smallest absolute Gasteiger partial charge is 0.278 e. The van der Waals surface area contributed by atoms with Gasteiger partial charge in [-0.05, 0) is 29.8 Å². The number of nitrogens with zero attached hydrogens (tertiary/aromatic N) is 2. The SMILES string of the molecule is O=c1c2ccccc2c(=O)n2n1-c1ccc3c([nH]c4ccccc43)c1C2c1ccccc1. The van der Waals surface area contributed by atoms with E-state index in [0.717, 1.165) is 38.6 Å². The van der Waals surface area contributed by atoms with Gasteiger partial charge >= 0.3 is 0 Å². The van der Waals surface area contributed by atoms with Gasteiger partial charge < -0.3 is 4.98 Å². The third kappa shape index (κ3) is 2.07. The summed E-state index contributed by atoms with van der Waals surface area (Å²) in [6, 6.07) is 28.7. The number of hydrogen-bond acceptors (Lipinski definition) is 2. The predicted molar refractivity (Wildman–Crippen MR) is 127 cm³/mol. The number of aromatic nitrogens is 3. The lowest BCUT2D eigenvalue weighted by Crippen LogP contribution is -2.36. The van der Waals surface area contributed by atoms with Gasteiger partial charge in [-0.1, -0.05) is 66.7 Å². The van der Waals surface area contributed by atoms with Gasteiger partial charge in [0.25, 0.3) is 11.1 Å². The molecule has 1 aliphatic rings. The van der Waals surface area contributed by atoms with E-state index in [9.17, 15) is 9.59 Å². The van der Waals surface area contributed by atoms with Crippen LogP contribution in [0.5, 0.6) is 0 Å². The van der Waals surface area contributed by atoms with Crippen molar-refractivity contribution in [3.8, 4) is 5.69 Å². The average Bonchev–Trinajstić information content (AvgIpc) is 3.39. The Morgan fingerprint density at radius 1 is 0.625 bits per heavy atom. The Kier molecular flexibility index (Phi) is 3.29. The van der Waals surface area contributed by atoms with Crippen molar-refractivity contribution in [1.29, 1.82) is 0 Å². The van der Waals surface area contributed by atoms with Crippen molar-refractivity contribution < 1.29 is 0 Å². The lowest BCUT2D eigenvalue weighted by Gasteiger charge is -2.16. The molecule has 0 spiro atoms. The van der Waals surface area contributed by atoms with Crippen molar-refractivity contribution in [2.75, 3.05) is 0 Å². The molecule has 0 saturated heterocycles. The monoisotopic (exact) mass is 415 g/mol. The Hall–Kier alpha value is -4.38. The highest BCUT2D eigenvalue weighted by Gasteiger charge is 2.35. The minimum Gasteiger partial charge on any atom is -0.354 e. The second-order valence-corrected chi connectivity index (χ2v) is 8.22. The van der Waals surface area contributed by atoms with Gasteiger partial charge in [0.15, 0.2) is 0 Å². The Morgan fingerprint density at radius 2 is 1.28 bits per heavy atom. The molecule has 7 rings (SSSR count). The van der Waals surface area contributed by atoms with Crippen LogP contribution in [0, 0.1) is 0 Å². The topological polar surface area (TPSA) is 59.8 Å². The van der Waals surface area contributed by atoms with E-state index in [2.05, 4.69) is 11.1 Å². The Balaban J connectivity index is 1.71. The predicted octanol–water partition coefficient (Wildman–Crippen LogP) is 4.74. The maximum Gasteiger partial charge on any atom is 0.278 e. The van der Waals surface area contributed by atoms with E-state index in [1.807, 2.05) is 60.7 Å². The molecular formula is C27H17N3O2. The number of aromatic amines is 1. The first-order valence-electron chi connectivity index (χ1n) is 10.6. The first-order valence-corrected chi connectivity index (χ1v) is 10.6. The normalized spacial score (nSPS) is 14.8. The fraction of sp³-hybridized carbons (Fsp3) is 0.0370. The number of fused-ring (bicyclic) bond motifs is 8. The van der Waals surface area contributed by atoms with Crippen molar-refractivity contribution in [3.05, 3.63) is 123 Å². The number of rotatable bonds is 1. The minimum absolute atomic E-state index is 0.172. The summed E-state index contributed by atoms with van der Waals surface area (Å²) in [5.74, 6) is 0. The molecule has 0 radical (unpaired) electrons. The van der Waals surface area contributed by atoms with Gasteiger partial charge in [0.1, 0.15) is 6.04 Å². The van der Waals surface area contributed by atoms with Crippen LogP contribution < -0.4 is 11.1 Å². The van der Waals surface area contributed by atoms with E-state index in [1.165, 1.54) is 0 Å². The van der Waals surface area contributed by atoms with Crippen LogP contribution in [0.1, 0.15) is 17.2 Å². The van der Waals surface area contributed by atoms with Gasteiger partial charge in [0.2, 0.25) is 0 Å². The van der Waals surface area contributed by atoms with Crippen LogP contribution in [0.2, 0.25) is 0 Å². The van der Waals surface area contributed by atoms with E-state index in [-0.39, 0.29) is 11.1 Å². The molecular weight excluding hydrogens is 398 g/mol. The van der Waals surface area contributed by atoms with E-state index in [4.69, 9.17) is 0 Å². The second kappa shape index (κ2) is 6.08. The highest BCUT2D eigenvalue weighted by Crippen LogP contribution is 2.41. The minimum atomic E-state index is -0.409. The highest BCUT2D eigenvalue weighted by atomic mass is 16.2. The summed E-state index contributed by atoms with van der Waals surface area (Å²) in [4.78, 5) is 30.9. The van der Waals surface area contributed by atoms with E-state index in [0.29, 0.717) is 10.8 Å². The summed E-state index contributed by atoms with van der Waals surface area (Å²) in [6.45, 7) is 0. The molecule has 0 saturated carbocycles. The molecule has 32 heavy (non-hydrogen) atoms. The summed E-state index contributed by atoms with van der Waals surface area (Å²) >= 11 is 0. The van der Waals surface area contributed by atoms with Crippen LogP contribution in [0.3, 0.4) is 0 Å². The van der Waals surface area contributed by atoms with Crippen LogP contribution in [0.25, 0.3) is 38.3 Å². The van der Waals surface area contributed by atoms with Crippen molar-refractivity contribution in [1.82, 2.24) is 14.3 Å². The third-order valence-electron chi connectivity index (χ3n) is 6.56. The van der Waals surface area contributed by atoms with E-state index in [1.54, 1.807) is 33.6 Å². The Labute approximate surface area is 181 Å². The summed E-state index contributed by atoms with van der Waals surface area (Å²) < 4.78 is 3.18. The molecule has 152 valence electrons. The molecule has 2 aromatic heterocycles. The van der Waals surface area contributed by atoms with Gasteiger partial charge in [-0.3, -0.25) is 9.59 Å². The maximum absolute atomic E-state index is 13.7. The fourth-order valence-electron chi connectivity index (χ4n) is 5.20. The van der Waals surface area contributed by atoms with Crippen LogP contribution >= 0.6 is 0 Å². The molecule has 1 aliphatic heterocycles. The van der Waals surface area contributed by atoms with Crippen molar-refractivity contribution >= 4 is 32.6 Å². The summed E-state index contributed by atoms with van der Waals surface area (Å²) in [5, 5.41) is 3.08. The molecule has 6 aromatic rings. The fourth-order valence-corrected chi connectivity index (χ4v) is 5.20. The first-order chi connectivity index (χ1) is 15.7. The number of para-hydroxylation sites is 1. The molecule has 4 aromatic carbocycles. The number of hydrogen-bond donors (Lipinski definition) is 1. The zero-order valence-corrected chi connectivity index (χ0v) is 16.9. The molecule has 1 unspecified atom stereocenters. The van der Waals surface area contributed by atoms with Crippen molar-refractivity contribution in [2.24, 2.45) is 0 Å². The van der Waals surface area contributed by atoms with Gasteiger partial charge in [-0.2, -0.15) is 0 Å². The van der Waals surface area contributed by atoms with Gasteiger partial charge in [-0.25, -0.2) is 9.36 Å². The first kappa shape index (κ1) is 17.3. The Morgan fingerprint density at radius 3 is 2.06 bits per heavy atom. The summed E-state index contributed by atoms with van der Waals surface area (Å²) in [5.41, 5.74) is 4.28. The zero-order chi connectivity index (χ0) is 21.4. The van der Waals surface area contributed by atoms with E-state index >= 15 is 0 Å². The van der Waals surface area contributed by atoms with Gasteiger partial charge in [-0.15, -0.1) is 0 Å². The van der Waals surface area contributed by atoms with Crippen molar-refractivity contribution in [3.63, 3.8) is 0 Å². The van der Waals surface area contributed by atoms with Gasteiger partial charge in [0.05, 0.1) is 22.0 Å². The Bertz CT molecular complexity index is 1820. The third-order valence-corrected chi connectivity index (χ3v) is 6.56. The van der Waals surface area contributed by atoms with Crippen LogP contribution in [0.15, 0.2) is 101 Å². The molecule has 1 atom stereocenters. The lowest BCUT2D eigenvalue weighted by atomic mass is 9.96. The molecule has 5 heteroatoms. The molecule has 0 aliphatic carbocycles. The lowest BCUT2D eigenvalue weighted by molar-refractivity contribution is 0.544. The average molecular weight is 415 g/mol. The quantitative estimate of drug-likeness (QED) is 0.421. The molecule has 5 nitrogen and oxygen atoms in total. The molecule has 0 fully saturated rings. The van der Waals surface area contributed by atoms with Gasteiger partial charge in [0, 0.05) is 21.9 Å². The molecule has 1 N–H and O–H groups in total. The standard InChI is InChI=1S/C27H17N3O2/c31-26-19-11-4-5-12-20(19)27(32)30-25(16-8-2-1-3-9-16)23-22(29(26)30)15-14-18-17-10-6-7-13-21(17)28-24(18)23/h1-15,25,28H. The summed E-state index contributed by atoms with van der Waals surface area (Å²) in [6.07, 6.45) is 0. The maximum atomic E-state index is 13.7. The number of benzene rings is 4. The number of H-pyrrole nitrogens is 1. The molecule has 0 bridgehead atoms. The number of nitrogens with one attached hydrogen (secondary N) is 1.